The molecule has 0 aliphatic carbocycles. The fraction of sp³-hybridized carbons (Fsp3) is 0.300. The normalized spacial score (nSPS) is 12.0. The second kappa shape index (κ2) is 7.93. The number of rotatable bonds is 5. The van der Waals surface area contributed by atoms with Crippen LogP contribution in [0.4, 0.5) is 5.69 Å². The summed E-state index contributed by atoms with van der Waals surface area (Å²) in [6.07, 6.45) is 1.88. The Labute approximate surface area is 166 Å². The standard InChI is InChI=1S/C20H22N4O3S/c1-5-15(25)23-14-8-6-13(7-9-14)12(3)22-18(26)17-11(2)16-19(28-17)21-10-24(4)20(16)27/h6-10,12H,5H2,1-4H3,(H,22,26)(H,23,25). The summed E-state index contributed by atoms with van der Waals surface area (Å²) in [6.45, 7) is 5.45. The second-order valence-corrected chi connectivity index (χ2v) is 7.61. The molecular weight excluding hydrogens is 376 g/mol. The number of carbonyl (C=O) groups is 2. The van der Waals surface area contributed by atoms with Gasteiger partial charge < -0.3 is 15.2 Å². The minimum absolute atomic E-state index is 0.0471. The lowest BCUT2D eigenvalue weighted by molar-refractivity contribution is -0.115. The SMILES string of the molecule is CCC(=O)Nc1ccc(C(C)NC(=O)c2sc3ncn(C)c(=O)c3c2C)cc1. The van der Waals surface area contributed by atoms with Crippen molar-refractivity contribution in [2.45, 2.75) is 33.2 Å². The molecular formula is C20H22N4O3S. The smallest absolute Gasteiger partial charge is 0.262 e. The average Bonchev–Trinajstić information content (AvgIpc) is 3.02. The summed E-state index contributed by atoms with van der Waals surface area (Å²) in [5.74, 6) is -0.285. The number of nitrogens with zero attached hydrogens (tertiary/aromatic N) is 2. The molecule has 1 aromatic carbocycles. The van der Waals surface area contributed by atoms with Crippen molar-refractivity contribution in [3.05, 3.63) is 57.0 Å². The maximum absolute atomic E-state index is 12.8. The maximum atomic E-state index is 12.8. The predicted molar refractivity (Wildman–Crippen MR) is 111 cm³/mol. The molecule has 0 radical (unpaired) electrons. The van der Waals surface area contributed by atoms with E-state index in [9.17, 15) is 14.4 Å². The van der Waals surface area contributed by atoms with Crippen LogP contribution >= 0.6 is 11.3 Å². The number of aryl methyl sites for hydroxylation is 2. The molecule has 0 aliphatic heterocycles. The van der Waals surface area contributed by atoms with E-state index in [1.54, 1.807) is 20.9 Å². The quantitative estimate of drug-likeness (QED) is 0.690. The van der Waals surface area contributed by atoms with Crippen molar-refractivity contribution < 1.29 is 9.59 Å². The average molecular weight is 398 g/mol. The number of benzene rings is 1. The van der Waals surface area contributed by atoms with Gasteiger partial charge in [0.25, 0.3) is 11.5 Å². The Kier molecular flexibility index (Phi) is 5.60. The Bertz CT molecular complexity index is 1100. The first kappa shape index (κ1) is 19.8. The summed E-state index contributed by atoms with van der Waals surface area (Å²) in [6, 6.07) is 7.12. The Morgan fingerprint density at radius 3 is 2.57 bits per heavy atom. The van der Waals surface area contributed by atoms with Crippen LogP contribution in [0.15, 0.2) is 35.4 Å². The Morgan fingerprint density at radius 1 is 1.25 bits per heavy atom. The first-order valence-electron chi connectivity index (χ1n) is 8.97. The van der Waals surface area contributed by atoms with Gasteiger partial charge in [0.15, 0.2) is 0 Å². The molecule has 28 heavy (non-hydrogen) atoms. The van der Waals surface area contributed by atoms with E-state index in [1.807, 2.05) is 31.2 Å². The molecule has 0 saturated carbocycles. The summed E-state index contributed by atoms with van der Waals surface area (Å²) >= 11 is 1.22. The van der Waals surface area contributed by atoms with Crippen LogP contribution in [0.3, 0.4) is 0 Å². The third-order valence-corrected chi connectivity index (χ3v) is 5.78. The van der Waals surface area contributed by atoms with Gasteiger partial charge >= 0.3 is 0 Å². The number of aromatic nitrogens is 2. The zero-order valence-electron chi connectivity index (χ0n) is 16.2. The zero-order valence-corrected chi connectivity index (χ0v) is 17.0. The van der Waals surface area contributed by atoms with Crippen LogP contribution in [0.25, 0.3) is 10.2 Å². The largest absolute Gasteiger partial charge is 0.345 e. The zero-order chi connectivity index (χ0) is 20.4. The van der Waals surface area contributed by atoms with Crippen LogP contribution in [-0.4, -0.2) is 21.4 Å². The van der Waals surface area contributed by atoms with E-state index >= 15 is 0 Å². The van der Waals surface area contributed by atoms with Gasteiger partial charge in [-0.05, 0) is 37.1 Å². The van der Waals surface area contributed by atoms with Crippen molar-refractivity contribution in [3.8, 4) is 0 Å². The van der Waals surface area contributed by atoms with E-state index in [0.717, 1.165) is 11.3 Å². The highest BCUT2D eigenvalue weighted by atomic mass is 32.1. The summed E-state index contributed by atoms with van der Waals surface area (Å²) in [5.41, 5.74) is 2.12. The minimum atomic E-state index is -0.238. The van der Waals surface area contributed by atoms with Gasteiger partial charge in [-0.3, -0.25) is 14.4 Å². The van der Waals surface area contributed by atoms with Crippen LogP contribution < -0.4 is 16.2 Å². The van der Waals surface area contributed by atoms with Gasteiger partial charge in [0.1, 0.15) is 4.83 Å². The fourth-order valence-corrected chi connectivity index (χ4v) is 3.92. The molecule has 3 aromatic rings. The first-order chi connectivity index (χ1) is 13.3. The highest BCUT2D eigenvalue weighted by Gasteiger charge is 2.20. The van der Waals surface area contributed by atoms with Gasteiger partial charge in [0, 0.05) is 19.2 Å². The first-order valence-corrected chi connectivity index (χ1v) is 9.78. The van der Waals surface area contributed by atoms with Crippen molar-refractivity contribution in [3.63, 3.8) is 0 Å². The van der Waals surface area contributed by atoms with Crippen molar-refractivity contribution in [1.29, 1.82) is 0 Å². The molecule has 3 rings (SSSR count). The van der Waals surface area contributed by atoms with Crippen molar-refractivity contribution in [1.82, 2.24) is 14.9 Å². The van der Waals surface area contributed by atoms with E-state index < -0.39 is 0 Å². The number of anilines is 1. The number of nitrogens with one attached hydrogen (secondary N) is 2. The van der Waals surface area contributed by atoms with E-state index in [0.29, 0.717) is 27.1 Å². The number of amides is 2. The lowest BCUT2D eigenvalue weighted by Crippen LogP contribution is -2.26. The third-order valence-electron chi connectivity index (χ3n) is 4.58. The lowest BCUT2D eigenvalue weighted by atomic mass is 10.1. The molecule has 0 aliphatic rings. The molecule has 2 heterocycles. The predicted octanol–water partition coefficient (Wildman–Crippen LogP) is 3.14. The van der Waals surface area contributed by atoms with Crippen LogP contribution in [0, 0.1) is 6.92 Å². The molecule has 146 valence electrons. The molecule has 2 amide bonds. The second-order valence-electron chi connectivity index (χ2n) is 6.62. The molecule has 7 nitrogen and oxygen atoms in total. The van der Waals surface area contributed by atoms with E-state index in [-0.39, 0.29) is 23.4 Å². The lowest BCUT2D eigenvalue weighted by Gasteiger charge is -2.15. The van der Waals surface area contributed by atoms with Crippen molar-refractivity contribution in [2.24, 2.45) is 7.05 Å². The molecule has 2 aromatic heterocycles. The van der Waals surface area contributed by atoms with Crippen LogP contribution in [0.2, 0.25) is 0 Å². The van der Waals surface area contributed by atoms with Gasteiger partial charge in [-0.2, -0.15) is 0 Å². The number of thiophene rings is 1. The summed E-state index contributed by atoms with van der Waals surface area (Å²) < 4.78 is 1.41. The Morgan fingerprint density at radius 2 is 1.93 bits per heavy atom. The molecule has 2 N–H and O–H groups in total. The minimum Gasteiger partial charge on any atom is -0.345 e. The highest BCUT2D eigenvalue weighted by molar-refractivity contribution is 7.20. The fourth-order valence-electron chi connectivity index (χ4n) is 2.88. The molecule has 1 unspecified atom stereocenters. The highest BCUT2D eigenvalue weighted by Crippen LogP contribution is 2.27. The van der Waals surface area contributed by atoms with E-state index in [4.69, 9.17) is 0 Å². The van der Waals surface area contributed by atoms with E-state index in [1.165, 1.54) is 22.2 Å². The molecule has 0 saturated heterocycles. The van der Waals surface area contributed by atoms with Gasteiger partial charge in [0.05, 0.1) is 22.6 Å². The summed E-state index contributed by atoms with van der Waals surface area (Å²) in [5, 5.41) is 6.25. The molecule has 8 heteroatoms. The Hall–Kier alpha value is -3.00. The maximum Gasteiger partial charge on any atom is 0.262 e. The number of carbonyl (C=O) groups excluding carboxylic acids is 2. The van der Waals surface area contributed by atoms with Gasteiger partial charge in [0.2, 0.25) is 5.91 Å². The molecule has 0 fully saturated rings. The monoisotopic (exact) mass is 398 g/mol. The van der Waals surface area contributed by atoms with Crippen LogP contribution in [0.5, 0.6) is 0 Å². The van der Waals surface area contributed by atoms with Crippen LogP contribution in [-0.2, 0) is 11.8 Å². The molecule has 0 spiro atoms. The molecule has 1 atom stereocenters. The Balaban J connectivity index is 1.78. The molecule has 0 bridgehead atoms. The van der Waals surface area contributed by atoms with Crippen molar-refractivity contribution in [2.75, 3.05) is 5.32 Å². The van der Waals surface area contributed by atoms with Gasteiger partial charge in [-0.25, -0.2) is 4.98 Å². The van der Waals surface area contributed by atoms with Crippen LogP contribution in [0.1, 0.15) is 47.1 Å². The van der Waals surface area contributed by atoms with Crippen molar-refractivity contribution >= 4 is 39.1 Å². The number of hydrogen-bond acceptors (Lipinski definition) is 5. The number of fused-ring (bicyclic) bond motifs is 1. The number of hydrogen-bond donors (Lipinski definition) is 2. The topological polar surface area (TPSA) is 93.1 Å². The van der Waals surface area contributed by atoms with Gasteiger partial charge in [-0.1, -0.05) is 19.1 Å². The summed E-state index contributed by atoms with van der Waals surface area (Å²) in [4.78, 5) is 41.9. The van der Waals surface area contributed by atoms with Gasteiger partial charge in [-0.15, -0.1) is 11.3 Å². The summed E-state index contributed by atoms with van der Waals surface area (Å²) in [7, 11) is 1.64. The third kappa shape index (κ3) is 3.82. The van der Waals surface area contributed by atoms with E-state index in [2.05, 4.69) is 15.6 Å².